The zero-order valence-corrected chi connectivity index (χ0v) is 29.0. The van der Waals surface area contributed by atoms with Crippen LogP contribution in [-0.4, -0.2) is 9.13 Å². The molecular formula is C47H42N2. The Labute approximate surface area is 289 Å². The number of fused-ring (bicyclic) bond motifs is 6. The summed E-state index contributed by atoms with van der Waals surface area (Å²) in [5, 5.41) is 6.23. The van der Waals surface area contributed by atoms with E-state index in [1.165, 1.54) is 71.3 Å². The SMILES string of the molecule is C=Cc1c(/C=C(\C)n2c3ccccc3c3c4c(/C=C\C=C/C)cn(-c5cccc(C)c5)c4ccc32)c(/C=C\C=C/C)c(C)c2ccccc12. The molecule has 2 nitrogen and oxygen atoms in total. The van der Waals surface area contributed by atoms with Gasteiger partial charge in [0.25, 0.3) is 0 Å². The average molecular weight is 635 g/mol. The van der Waals surface area contributed by atoms with E-state index in [0.717, 1.165) is 16.9 Å². The van der Waals surface area contributed by atoms with E-state index < -0.39 is 0 Å². The van der Waals surface area contributed by atoms with Crippen LogP contribution in [-0.2, 0) is 0 Å². The van der Waals surface area contributed by atoms with Gasteiger partial charge in [0.2, 0.25) is 0 Å². The number of nitrogens with zero attached hydrogens (tertiary/aromatic N) is 2. The molecule has 7 rings (SSSR count). The van der Waals surface area contributed by atoms with Gasteiger partial charge >= 0.3 is 0 Å². The third kappa shape index (κ3) is 5.50. The van der Waals surface area contributed by atoms with Crippen molar-refractivity contribution in [2.24, 2.45) is 0 Å². The van der Waals surface area contributed by atoms with Gasteiger partial charge in [0.15, 0.2) is 0 Å². The zero-order chi connectivity index (χ0) is 34.1. The Morgan fingerprint density at radius 1 is 0.633 bits per heavy atom. The van der Waals surface area contributed by atoms with E-state index in [1.807, 2.05) is 13.0 Å². The summed E-state index contributed by atoms with van der Waals surface area (Å²) < 4.78 is 4.77. The molecule has 49 heavy (non-hydrogen) atoms. The molecule has 0 unspecified atom stereocenters. The summed E-state index contributed by atoms with van der Waals surface area (Å²) in [4.78, 5) is 0. The van der Waals surface area contributed by atoms with Crippen LogP contribution in [0.25, 0.3) is 79.2 Å². The van der Waals surface area contributed by atoms with Crippen LogP contribution in [0.4, 0.5) is 0 Å². The molecule has 0 bridgehead atoms. The molecule has 2 heteroatoms. The van der Waals surface area contributed by atoms with Crippen LogP contribution < -0.4 is 0 Å². The Bertz CT molecular complexity index is 2550. The summed E-state index contributed by atoms with van der Waals surface area (Å²) in [6.45, 7) is 15.0. The molecule has 240 valence electrons. The number of para-hydroxylation sites is 1. The standard InChI is InChI=1S/C47H42N2/c1-7-10-12-20-35-31-48(36-21-18-19-32(4)29-36)44-27-28-45-47(46(35)44)41-25-16-17-26-43(41)49(45)33(5)30-42-37(9-3)40-24-15-14-23-38(40)34(6)39(42)22-13-11-8-2/h7-31H,3H2,1-2,4-6H3/b10-7-,11-8-,20-12-,22-13-,33-30+. The van der Waals surface area contributed by atoms with Crippen LogP contribution >= 0.6 is 0 Å². The quantitative estimate of drug-likeness (QED) is 0.147. The van der Waals surface area contributed by atoms with Crippen LogP contribution in [0.3, 0.4) is 0 Å². The summed E-state index contributed by atoms with van der Waals surface area (Å²) in [7, 11) is 0. The second kappa shape index (κ2) is 13.3. The number of allylic oxidation sites excluding steroid dienone is 7. The average Bonchev–Trinajstić information content (AvgIpc) is 3.66. The van der Waals surface area contributed by atoms with Crippen molar-refractivity contribution in [2.75, 3.05) is 0 Å². The van der Waals surface area contributed by atoms with Gasteiger partial charge in [-0.15, -0.1) is 0 Å². The third-order valence-electron chi connectivity index (χ3n) is 9.57. The molecule has 0 saturated carbocycles. The molecule has 0 saturated heterocycles. The maximum atomic E-state index is 4.30. The fourth-order valence-electron chi connectivity index (χ4n) is 7.39. The normalized spacial score (nSPS) is 12.9. The molecule has 0 radical (unpaired) electrons. The highest BCUT2D eigenvalue weighted by Gasteiger charge is 2.20. The Morgan fingerprint density at radius 3 is 2.06 bits per heavy atom. The lowest BCUT2D eigenvalue weighted by atomic mass is 9.88. The number of hydrogen-bond donors (Lipinski definition) is 0. The number of hydrogen-bond acceptors (Lipinski definition) is 0. The highest BCUT2D eigenvalue weighted by Crippen LogP contribution is 2.41. The molecule has 0 spiro atoms. The van der Waals surface area contributed by atoms with Crippen LogP contribution in [0, 0.1) is 13.8 Å². The minimum Gasteiger partial charge on any atom is -0.316 e. The monoisotopic (exact) mass is 634 g/mol. The van der Waals surface area contributed by atoms with Crippen molar-refractivity contribution in [3.63, 3.8) is 0 Å². The van der Waals surface area contributed by atoms with E-state index in [-0.39, 0.29) is 0 Å². The van der Waals surface area contributed by atoms with Crippen LogP contribution in [0.15, 0.2) is 134 Å². The van der Waals surface area contributed by atoms with Crippen LogP contribution in [0.5, 0.6) is 0 Å². The highest BCUT2D eigenvalue weighted by atomic mass is 15.0. The van der Waals surface area contributed by atoms with Gasteiger partial charge in [-0.3, -0.25) is 0 Å². The lowest BCUT2D eigenvalue weighted by molar-refractivity contribution is 1.12. The summed E-state index contributed by atoms with van der Waals surface area (Å²) in [5.74, 6) is 0. The molecule has 0 amide bonds. The first-order valence-corrected chi connectivity index (χ1v) is 17.1. The van der Waals surface area contributed by atoms with Gasteiger partial charge in [0.1, 0.15) is 0 Å². The summed E-state index contributed by atoms with van der Waals surface area (Å²) in [5.41, 5.74) is 13.1. The molecule has 0 aliphatic rings. The molecule has 0 fully saturated rings. The van der Waals surface area contributed by atoms with Gasteiger partial charge < -0.3 is 9.13 Å². The smallest absolute Gasteiger partial charge is 0.0545 e. The van der Waals surface area contributed by atoms with Crippen LogP contribution in [0.1, 0.15) is 54.2 Å². The van der Waals surface area contributed by atoms with Gasteiger partial charge in [-0.1, -0.05) is 116 Å². The lowest BCUT2D eigenvalue weighted by Gasteiger charge is -2.17. The van der Waals surface area contributed by atoms with Crippen molar-refractivity contribution in [3.8, 4) is 5.69 Å². The van der Waals surface area contributed by atoms with Crippen molar-refractivity contribution >= 4 is 73.5 Å². The van der Waals surface area contributed by atoms with Gasteiger partial charge in [0.05, 0.1) is 16.6 Å². The second-order valence-corrected chi connectivity index (χ2v) is 12.7. The Balaban J connectivity index is 1.56. The largest absolute Gasteiger partial charge is 0.316 e. The predicted octanol–water partition coefficient (Wildman–Crippen LogP) is 13.3. The predicted molar refractivity (Wildman–Crippen MR) is 217 cm³/mol. The minimum atomic E-state index is 1.15. The van der Waals surface area contributed by atoms with Crippen molar-refractivity contribution in [3.05, 3.63) is 168 Å². The Morgan fingerprint density at radius 2 is 1.33 bits per heavy atom. The summed E-state index contributed by atoms with van der Waals surface area (Å²) in [6, 6.07) is 30.8. The molecule has 0 N–H and O–H groups in total. The number of aromatic nitrogens is 2. The topological polar surface area (TPSA) is 9.86 Å². The first-order chi connectivity index (χ1) is 24.0. The first-order valence-electron chi connectivity index (χ1n) is 17.1. The number of rotatable bonds is 8. The Hall–Kier alpha value is -5.86. The van der Waals surface area contributed by atoms with Crippen molar-refractivity contribution in [1.82, 2.24) is 9.13 Å². The first kappa shape index (κ1) is 31.7. The molecule has 0 aliphatic heterocycles. The lowest BCUT2D eigenvalue weighted by Crippen LogP contribution is -1.98. The Kier molecular flexibility index (Phi) is 8.63. The number of aryl methyl sites for hydroxylation is 2. The zero-order valence-electron chi connectivity index (χ0n) is 29.0. The van der Waals surface area contributed by atoms with E-state index in [0.29, 0.717) is 0 Å². The molecular weight excluding hydrogens is 593 g/mol. The summed E-state index contributed by atoms with van der Waals surface area (Å²) >= 11 is 0. The molecule has 2 heterocycles. The molecule has 0 atom stereocenters. The van der Waals surface area contributed by atoms with Crippen molar-refractivity contribution in [2.45, 2.75) is 34.6 Å². The van der Waals surface area contributed by atoms with Crippen molar-refractivity contribution in [1.29, 1.82) is 0 Å². The van der Waals surface area contributed by atoms with E-state index in [2.05, 4.69) is 189 Å². The fourth-order valence-corrected chi connectivity index (χ4v) is 7.39. The van der Waals surface area contributed by atoms with Gasteiger partial charge in [0, 0.05) is 39.3 Å². The van der Waals surface area contributed by atoms with Crippen LogP contribution in [0.2, 0.25) is 0 Å². The minimum absolute atomic E-state index is 1.15. The van der Waals surface area contributed by atoms with Gasteiger partial charge in [-0.25, -0.2) is 0 Å². The third-order valence-corrected chi connectivity index (χ3v) is 9.57. The maximum Gasteiger partial charge on any atom is 0.0545 e. The molecule has 0 aliphatic carbocycles. The molecule has 7 aromatic rings. The van der Waals surface area contributed by atoms with Gasteiger partial charge in [-0.05, 0) is 110 Å². The second-order valence-electron chi connectivity index (χ2n) is 12.7. The van der Waals surface area contributed by atoms with E-state index in [1.54, 1.807) is 0 Å². The maximum absolute atomic E-state index is 4.30. The summed E-state index contributed by atoms with van der Waals surface area (Å²) in [6.07, 6.45) is 23.7. The van der Waals surface area contributed by atoms with Crippen molar-refractivity contribution < 1.29 is 0 Å². The van der Waals surface area contributed by atoms with E-state index >= 15 is 0 Å². The fraction of sp³-hybridized carbons (Fsp3) is 0.106. The molecule has 5 aromatic carbocycles. The highest BCUT2D eigenvalue weighted by molar-refractivity contribution is 6.23. The number of benzene rings is 5. The van der Waals surface area contributed by atoms with E-state index in [9.17, 15) is 0 Å². The van der Waals surface area contributed by atoms with E-state index in [4.69, 9.17) is 0 Å². The molecule has 2 aromatic heterocycles. The van der Waals surface area contributed by atoms with Gasteiger partial charge in [-0.2, -0.15) is 0 Å².